The molecule has 1 saturated heterocycles. The molecule has 2 aromatic carbocycles. The van der Waals surface area contributed by atoms with Crippen LogP contribution in [0.25, 0.3) is 21.9 Å². The van der Waals surface area contributed by atoms with E-state index in [1.165, 1.54) is 0 Å². The molecule has 0 spiro atoms. The van der Waals surface area contributed by atoms with Gasteiger partial charge in [-0.3, -0.25) is 14.2 Å². The highest BCUT2D eigenvalue weighted by Gasteiger charge is 2.34. The van der Waals surface area contributed by atoms with E-state index in [9.17, 15) is 18.4 Å². The summed E-state index contributed by atoms with van der Waals surface area (Å²) in [5.41, 5.74) is 1.91. The van der Waals surface area contributed by atoms with Gasteiger partial charge in [0.2, 0.25) is 0 Å². The number of aryl methyl sites for hydroxylation is 1. The Morgan fingerprint density at radius 3 is 2.81 bits per heavy atom. The van der Waals surface area contributed by atoms with Crippen LogP contribution < -0.4 is 5.56 Å². The minimum Gasteiger partial charge on any atom is -0.342 e. The molecule has 0 aliphatic carbocycles. The van der Waals surface area contributed by atoms with E-state index < -0.39 is 24.6 Å². The van der Waals surface area contributed by atoms with Crippen LogP contribution in [0.5, 0.6) is 0 Å². The zero-order chi connectivity index (χ0) is 22.4. The van der Waals surface area contributed by atoms with Gasteiger partial charge in [0.05, 0.1) is 34.5 Å². The number of alkyl halides is 2. The predicted octanol–water partition coefficient (Wildman–Crippen LogP) is 3.82. The SMILES string of the molecule is Cc1nc2ccc(C(=O)N3CCCC3c3nc4ccccc4c(=O)n3CC(F)F)cc2[nH]1. The van der Waals surface area contributed by atoms with Gasteiger partial charge in [0.15, 0.2) is 0 Å². The van der Waals surface area contributed by atoms with Crippen LogP contribution in [0.15, 0.2) is 47.3 Å². The minimum atomic E-state index is -2.72. The van der Waals surface area contributed by atoms with E-state index in [-0.39, 0.29) is 17.1 Å². The van der Waals surface area contributed by atoms with Gasteiger partial charge in [-0.2, -0.15) is 0 Å². The number of nitrogens with one attached hydrogen (secondary N) is 1. The molecule has 1 unspecified atom stereocenters. The standard InChI is InChI=1S/C23H21F2N5O2/c1-13-26-17-9-8-14(11-18(17)27-13)22(31)29-10-4-7-19(29)21-28-16-6-3-2-5-15(16)23(32)30(21)12-20(24)25/h2-3,5-6,8-9,11,19-20H,4,7,10,12H2,1H3,(H,26,27). The van der Waals surface area contributed by atoms with E-state index in [1.54, 1.807) is 47.4 Å². The third-order valence-electron chi connectivity index (χ3n) is 5.87. The Bertz CT molecular complexity index is 1390. The molecule has 9 heteroatoms. The fourth-order valence-corrected chi connectivity index (χ4v) is 4.47. The second-order valence-corrected chi connectivity index (χ2v) is 8.00. The van der Waals surface area contributed by atoms with Crippen molar-refractivity contribution in [3.05, 3.63) is 70.0 Å². The summed E-state index contributed by atoms with van der Waals surface area (Å²) in [5.74, 6) is 0.728. The smallest absolute Gasteiger partial charge is 0.261 e. The molecule has 1 N–H and O–H groups in total. The van der Waals surface area contributed by atoms with Gasteiger partial charge in [0, 0.05) is 12.1 Å². The van der Waals surface area contributed by atoms with Gasteiger partial charge in [-0.1, -0.05) is 12.1 Å². The van der Waals surface area contributed by atoms with Crippen LogP contribution in [0.4, 0.5) is 8.78 Å². The number of aromatic nitrogens is 4. The highest BCUT2D eigenvalue weighted by Crippen LogP contribution is 2.33. The van der Waals surface area contributed by atoms with Gasteiger partial charge in [-0.15, -0.1) is 0 Å². The first-order valence-electron chi connectivity index (χ1n) is 10.5. The maximum atomic E-state index is 13.4. The first-order chi connectivity index (χ1) is 15.4. The summed E-state index contributed by atoms with van der Waals surface area (Å²) in [6.45, 7) is 1.54. The summed E-state index contributed by atoms with van der Waals surface area (Å²) in [5, 5.41) is 0.285. The first kappa shape index (κ1) is 20.3. The van der Waals surface area contributed by atoms with Crippen LogP contribution in [0.2, 0.25) is 0 Å². The van der Waals surface area contributed by atoms with E-state index in [1.807, 2.05) is 6.92 Å². The zero-order valence-electron chi connectivity index (χ0n) is 17.4. The summed E-state index contributed by atoms with van der Waals surface area (Å²) >= 11 is 0. The summed E-state index contributed by atoms with van der Waals surface area (Å²) in [6, 6.07) is 11.4. The Labute approximate surface area is 181 Å². The summed E-state index contributed by atoms with van der Waals surface area (Å²) in [6.07, 6.45) is -1.48. The molecule has 1 atom stereocenters. The molecule has 0 saturated carbocycles. The molecule has 7 nitrogen and oxygen atoms in total. The second kappa shape index (κ2) is 7.81. The Balaban J connectivity index is 1.58. The molecule has 0 radical (unpaired) electrons. The Morgan fingerprint density at radius 1 is 1.19 bits per heavy atom. The average molecular weight is 437 g/mol. The lowest BCUT2D eigenvalue weighted by Gasteiger charge is -2.27. The number of halogens is 2. The van der Waals surface area contributed by atoms with Crippen molar-refractivity contribution in [3.63, 3.8) is 0 Å². The number of amides is 1. The third-order valence-corrected chi connectivity index (χ3v) is 5.87. The van der Waals surface area contributed by atoms with Crippen molar-refractivity contribution in [1.29, 1.82) is 0 Å². The first-order valence-corrected chi connectivity index (χ1v) is 10.5. The molecule has 1 amide bonds. The number of aromatic amines is 1. The van der Waals surface area contributed by atoms with E-state index in [0.29, 0.717) is 30.5 Å². The zero-order valence-corrected chi connectivity index (χ0v) is 17.4. The van der Waals surface area contributed by atoms with Crippen molar-refractivity contribution in [2.24, 2.45) is 0 Å². The maximum absolute atomic E-state index is 13.4. The fourth-order valence-electron chi connectivity index (χ4n) is 4.47. The van der Waals surface area contributed by atoms with Crippen LogP contribution in [-0.4, -0.2) is 43.3 Å². The van der Waals surface area contributed by atoms with E-state index in [4.69, 9.17) is 0 Å². The Hall–Kier alpha value is -3.62. The van der Waals surface area contributed by atoms with Gasteiger partial charge >= 0.3 is 0 Å². The molecule has 1 fully saturated rings. The lowest BCUT2D eigenvalue weighted by atomic mass is 10.1. The highest BCUT2D eigenvalue weighted by atomic mass is 19.3. The van der Waals surface area contributed by atoms with Crippen LogP contribution in [0, 0.1) is 6.92 Å². The number of nitrogens with zero attached hydrogens (tertiary/aromatic N) is 4. The molecule has 3 heterocycles. The number of fused-ring (bicyclic) bond motifs is 2. The summed E-state index contributed by atoms with van der Waals surface area (Å²) in [4.78, 5) is 40.1. The fraction of sp³-hybridized carbons (Fsp3) is 0.304. The molecule has 4 aromatic rings. The molecular formula is C23H21F2N5O2. The molecule has 2 aromatic heterocycles. The van der Waals surface area contributed by atoms with Gasteiger partial charge in [0.25, 0.3) is 17.9 Å². The number of likely N-dealkylation sites (tertiary alicyclic amines) is 1. The van der Waals surface area contributed by atoms with E-state index in [2.05, 4.69) is 15.0 Å². The number of hydrogen-bond donors (Lipinski definition) is 1. The number of rotatable bonds is 4. The van der Waals surface area contributed by atoms with Gasteiger partial charge in [0.1, 0.15) is 11.6 Å². The van der Waals surface area contributed by atoms with E-state index >= 15 is 0 Å². The average Bonchev–Trinajstić information content (AvgIpc) is 3.40. The monoisotopic (exact) mass is 437 g/mol. The number of para-hydroxylation sites is 1. The summed E-state index contributed by atoms with van der Waals surface area (Å²) in [7, 11) is 0. The van der Waals surface area contributed by atoms with Crippen LogP contribution in [0.3, 0.4) is 0 Å². The van der Waals surface area contributed by atoms with Gasteiger partial charge < -0.3 is 9.88 Å². The van der Waals surface area contributed by atoms with Crippen molar-refractivity contribution in [1.82, 2.24) is 24.4 Å². The van der Waals surface area contributed by atoms with Crippen molar-refractivity contribution in [2.45, 2.75) is 38.8 Å². The molecule has 5 rings (SSSR count). The lowest BCUT2D eigenvalue weighted by Crippen LogP contribution is -2.36. The predicted molar refractivity (Wildman–Crippen MR) is 116 cm³/mol. The van der Waals surface area contributed by atoms with Crippen molar-refractivity contribution >= 4 is 27.8 Å². The molecule has 32 heavy (non-hydrogen) atoms. The Morgan fingerprint density at radius 2 is 2.00 bits per heavy atom. The van der Waals surface area contributed by atoms with Crippen molar-refractivity contribution in [3.8, 4) is 0 Å². The molecule has 1 aliphatic rings. The molecule has 1 aliphatic heterocycles. The number of hydrogen-bond acceptors (Lipinski definition) is 4. The minimum absolute atomic E-state index is 0.207. The quantitative estimate of drug-likeness (QED) is 0.526. The van der Waals surface area contributed by atoms with Crippen molar-refractivity contribution < 1.29 is 13.6 Å². The third kappa shape index (κ3) is 3.43. The normalized spacial score (nSPS) is 16.5. The second-order valence-electron chi connectivity index (χ2n) is 8.00. The largest absolute Gasteiger partial charge is 0.342 e. The molecular weight excluding hydrogens is 416 g/mol. The van der Waals surface area contributed by atoms with E-state index in [0.717, 1.165) is 21.4 Å². The number of carbonyl (C=O) groups excluding carboxylic acids is 1. The van der Waals surface area contributed by atoms with Crippen LogP contribution >= 0.6 is 0 Å². The topological polar surface area (TPSA) is 83.9 Å². The number of imidazole rings is 1. The maximum Gasteiger partial charge on any atom is 0.261 e. The molecule has 164 valence electrons. The number of carbonyl (C=O) groups is 1. The number of benzene rings is 2. The van der Waals surface area contributed by atoms with Crippen LogP contribution in [-0.2, 0) is 6.54 Å². The lowest BCUT2D eigenvalue weighted by molar-refractivity contribution is 0.0721. The van der Waals surface area contributed by atoms with Gasteiger partial charge in [-0.25, -0.2) is 18.7 Å². The highest BCUT2D eigenvalue weighted by molar-refractivity contribution is 5.97. The number of H-pyrrole nitrogens is 1. The summed E-state index contributed by atoms with van der Waals surface area (Å²) < 4.78 is 27.8. The molecule has 0 bridgehead atoms. The van der Waals surface area contributed by atoms with Crippen LogP contribution in [0.1, 0.15) is 40.9 Å². The van der Waals surface area contributed by atoms with Crippen molar-refractivity contribution in [2.75, 3.05) is 6.54 Å². The Kier molecular flexibility index (Phi) is 4.96. The van der Waals surface area contributed by atoms with Gasteiger partial charge in [-0.05, 0) is 50.1 Å².